The summed E-state index contributed by atoms with van der Waals surface area (Å²) in [7, 11) is -3.83. The number of sulfonamides is 1. The lowest BCUT2D eigenvalue weighted by Crippen LogP contribution is -2.40. The van der Waals surface area contributed by atoms with Crippen LogP contribution >= 0.6 is 0 Å². The van der Waals surface area contributed by atoms with Crippen LogP contribution in [0.1, 0.15) is 51.4 Å². The highest BCUT2D eigenvalue weighted by molar-refractivity contribution is 7.89. The van der Waals surface area contributed by atoms with Crippen molar-refractivity contribution in [1.82, 2.24) is 4.72 Å². The summed E-state index contributed by atoms with van der Waals surface area (Å²) < 4.78 is 27.7. The Labute approximate surface area is 138 Å². The first-order chi connectivity index (χ1) is 10.4. The Morgan fingerprint density at radius 1 is 1.26 bits per heavy atom. The maximum absolute atomic E-state index is 12.6. The number of carboxylic acid groups (broad SMARTS) is 1. The van der Waals surface area contributed by atoms with Gasteiger partial charge in [-0.1, -0.05) is 13.8 Å². The number of hydrogen-bond donors (Lipinski definition) is 3. The molecule has 1 aromatic rings. The molecule has 0 saturated heterocycles. The van der Waals surface area contributed by atoms with Gasteiger partial charge in [0.15, 0.2) is 0 Å². The molecule has 0 fully saturated rings. The lowest BCUT2D eigenvalue weighted by Gasteiger charge is -2.22. The first kappa shape index (κ1) is 19.4. The van der Waals surface area contributed by atoms with Crippen molar-refractivity contribution in [2.45, 2.75) is 51.5 Å². The zero-order valence-corrected chi connectivity index (χ0v) is 15.1. The minimum Gasteiger partial charge on any atom is -0.478 e. The first-order valence-electron chi connectivity index (χ1n) is 7.57. The first-order valence-corrected chi connectivity index (χ1v) is 9.06. The van der Waals surface area contributed by atoms with E-state index in [-0.39, 0.29) is 10.5 Å². The summed E-state index contributed by atoms with van der Waals surface area (Å²) in [5, 5.41) is 12.2. The van der Waals surface area contributed by atoms with Crippen molar-refractivity contribution in [3.05, 3.63) is 23.8 Å². The Kier molecular flexibility index (Phi) is 6.18. The molecule has 0 aliphatic rings. The van der Waals surface area contributed by atoms with Crippen LogP contribution in [0.4, 0.5) is 5.69 Å². The van der Waals surface area contributed by atoms with E-state index in [9.17, 15) is 13.2 Å². The van der Waals surface area contributed by atoms with E-state index in [1.807, 2.05) is 0 Å². The van der Waals surface area contributed by atoms with Crippen molar-refractivity contribution < 1.29 is 18.3 Å². The maximum Gasteiger partial charge on any atom is 0.335 e. The zero-order valence-electron chi connectivity index (χ0n) is 14.3. The van der Waals surface area contributed by atoms with E-state index in [1.54, 1.807) is 20.8 Å². The molecule has 0 aliphatic carbocycles. The summed E-state index contributed by atoms with van der Waals surface area (Å²) >= 11 is 0. The van der Waals surface area contributed by atoms with Gasteiger partial charge in [-0.2, -0.15) is 0 Å². The van der Waals surface area contributed by atoms with Crippen molar-refractivity contribution in [1.29, 1.82) is 0 Å². The predicted octanol–water partition coefficient (Wildman–Crippen LogP) is 2.92. The SMILES string of the molecule is CC(C)CCNc1ccc(C(=O)O)cc1S(=O)(=O)NC(C)(C)C. The number of nitrogens with one attached hydrogen (secondary N) is 2. The monoisotopic (exact) mass is 342 g/mol. The molecular formula is C16H26N2O4S. The van der Waals surface area contributed by atoms with Gasteiger partial charge in [0.2, 0.25) is 10.0 Å². The third-order valence-corrected chi connectivity index (χ3v) is 4.79. The standard InChI is InChI=1S/C16H26N2O4S/c1-11(2)8-9-17-13-7-6-12(15(19)20)10-14(13)23(21,22)18-16(3,4)5/h6-7,10-11,17-18H,8-9H2,1-5H3,(H,19,20). The zero-order chi connectivity index (χ0) is 17.8. The van der Waals surface area contributed by atoms with Crippen LogP contribution in [0.2, 0.25) is 0 Å². The van der Waals surface area contributed by atoms with E-state index < -0.39 is 21.5 Å². The average Bonchev–Trinajstić information content (AvgIpc) is 2.35. The number of rotatable bonds is 7. The molecule has 23 heavy (non-hydrogen) atoms. The molecule has 3 N–H and O–H groups in total. The predicted molar refractivity (Wildman–Crippen MR) is 91.4 cm³/mol. The second-order valence-corrected chi connectivity index (χ2v) is 8.63. The van der Waals surface area contributed by atoms with Crippen molar-refractivity contribution in [2.75, 3.05) is 11.9 Å². The van der Waals surface area contributed by atoms with Crippen LogP contribution in [-0.2, 0) is 10.0 Å². The Morgan fingerprint density at radius 2 is 1.87 bits per heavy atom. The highest BCUT2D eigenvalue weighted by atomic mass is 32.2. The molecule has 130 valence electrons. The summed E-state index contributed by atoms with van der Waals surface area (Å²) in [6, 6.07) is 4.09. The Hall–Kier alpha value is -1.60. The third-order valence-electron chi connectivity index (χ3n) is 3.00. The number of hydrogen-bond acceptors (Lipinski definition) is 4. The van der Waals surface area contributed by atoms with Crippen LogP contribution in [0, 0.1) is 5.92 Å². The Morgan fingerprint density at radius 3 is 2.35 bits per heavy atom. The molecule has 0 aromatic heterocycles. The molecule has 0 radical (unpaired) electrons. The molecule has 0 atom stereocenters. The highest BCUT2D eigenvalue weighted by Crippen LogP contribution is 2.24. The van der Waals surface area contributed by atoms with Gasteiger partial charge in [-0.3, -0.25) is 0 Å². The topological polar surface area (TPSA) is 95.5 Å². The number of carbonyl (C=O) groups is 1. The van der Waals surface area contributed by atoms with Crippen LogP contribution < -0.4 is 10.0 Å². The number of anilines is 1. The van der Waals surface area contributed by atoms with E-state index in [2.05, 4.69) is 23.9 Å². The summed E-state index contributed by atoms with van der Waals surface area (Å²) in [6.45, 7) is 9.97. The van der Waals surface area contributed by atoms with Crippen molar-refractivity contribution >= 4 is 21.7 Å². The van der Waals surface area contributed by atoms with Gasteiger partial charge in [0.05, 0.1) is 11.3 Å². The van der Waals surface area contributed by atoms with Gasteiger partial charge in [0.1, 0.15) is 4.90 Å². The van der Waals surface area contributed by atoms with E-state index in [0.29, 0.717) is 18.2 Å². The minimum atomic E-state index is -3.83. The number of benzene rings is 1. The van der Waals surface area contributed by atoms with Gasteiger partial charge in [0, 0.05) is 12.1 Å². The molecule has 1 aromatic carbocycles. The number of aromatic carboxylic acids is 1. The van der Waals surface area contributed by atoms with Gasteiger partial charge in [-0.15, -0.1) is 0 Å². The lowest BCUT2D eigenvalue weighted by molar-refractivity contribution is 0.0696. The van der Waals surface area contributed by atoms with Gasteiger partial charge < -0.3 is 10.4 Å². The lowest BCUT2D eigenvalue weighted by atomic mass is 10.1. The molecular weight excluding hydrogens is 316 g/mol. The van der Waals surface area contributed by atoms with Crippen molar-refractivity contribution in [3.63, 3.8) is 0 Å². The van der Waals surface area contributed by atoms with Gasteiger partial charge >= 0.3 is 5.97 Å². The van der Waals surface area contributed by atoms with Gasteiger partial charge in [-0.25, -0.2) is 17.9 Å². The molecule has 0 unspecified atom stereocenters. The fourth-order valence-corrected chi connectivity index (χ4v) is 3.61. The third kappa shape index (κ3) is 6.19. The molecule has 0 heterocycles. The highest BCUT2D eigenvalue weighted by Gasteiger charge is 2.25. The van der Waals surface area contributed by atoms with Crippen LogP contribution in [-0.4, -0.2) is 31.6 Å². The Bertz CT molecular complexity index is 661. The molecule has 0 spiro atoms. The Balaban J connectivity index is 3.23. The second kappa shape index (κ2) is 7.31. The van der Waals surface area contributed by atoms with E-state index in [1.165, 1.54) is 18.2 Å². The average molecular weight is 342 g/mol. The fraction of sp³-hybridized carbons (Fsp3) is 0.562. The molecule has 0 amide bonds. The van der Waals surface area contributed by atoms with E-state index in [4.69, 9.17) is 5.11 Å². The molecule has 0 bridgehead atoms. The fourth-order valence-electron chi connectivity index (χ4n) is 1.98. The van der Waals surface area contributed by atoms with Gasteiger partial charge in [-0.05, 0) is 51.3 Å². The molecule has 1 rings (SSSR count). The summed E-state index contributed by atoms with van der Waals surface area (Å²) in [4.78, 5) is 11.1. The van der Waals surface area contributed by atoms with Gasteiger partial charge in [0.25, 0.3) is 0 Å². The summed E-state index contributed by atoms with van der Waals surface area (Å²) in [5.74, 6) is -0.681. The van der Waals surface area contributed by atoms with Crippen molar-refractivity contribution in [3.8, 4) is 0 Å². The van der Waals surface area contributed by atoms with Crippen LogP contribution in [0.15, 0.2) is 23.1 Å². The molecule has 7 heteroatoms. The van der Waals surface area contributed by atoms with Crippen LogP contribution in [0.25, 0.3) is 0 Å². The van der Waals surface area contributed by atoms with Crippen LogP contribution in [0.3, 0.4) is 0 Å². The minimum absolute atomic E-state index is 0.0453. The smallest absolute Gasteiger partial charge is 0.335 e. The summed E-state index contributed by atoms with van der Waals surface area (Å²) in [6.07, 6.45) is 0.882. The maximum atomic E-state index is 12.6. The van der Waals surface area contributed by atoms with E-state index >= 15 is 0 Å². The normalized spacial score (nSPS) is 12.4. The number of carboxylic acids is 1. The molecule has 6 nitrogen and oxygen atoms in total. The second-order valence-electron chi connectivity index (χ2n) is 6.98. The van der Waals surface area contributed by atoms with Crippen molar-refractivity contribution in [2.24, 2.45) is 5.92 Å². The molecule has 0 aliphatic heterocycles. The van der Waals surface area contributed by atoms with Crippen LogP contribution in [0.5, 0.6) is 0 Å². The summed E-state index contributed by atoms with van der Waals surface area (Å²) in [5.41, 5.74) is -0.311. The van der Waals surface area contributed by atoms with E-state index in [0.717, 1.165) is 6.42 Å². The quantitative estimate of drug-likeness (QED) is 0.708. The largest absolute Gasteiger partial charge is 0.478 e. The molecule has 0 saturated carbocycles.